The maximum Gasteiger partial charge on any atom is 0.321 e. The van der Waals surface area contributed by atoms with Gasteiger partial charge in [0.25, 0.3) is 0 Å². The Bertz CT molecular complexity index is 320. The molecule has 1 atom stereocenters. The largest absolute Gasteiger partial charge is 0.389 e. The summed E-state index contributed by atoms with van der Waals surface area (Å²) in [5, 5.41) is 14.7. The van der Waals surface area contributed by atoms with E-state index < -0.39 is 11.6 Å². The van der Waals surface area contributed by atoms with Crippen LogP contribution in [0.5, 0.6) is 0 Å². The van der Waals surface area contributed by atoms with E-state index in [0.717, 1.165) is 19.4 Å². The van der Waals surface area contributed by atoms with Crippen LogP contribution in [0.1, 0.15) is 19.8 Å². The first kappa shape index (κ1) is 15.9. The predicted molar refractivity (Wildman–Crippen MR) is 69.7 cm³/mol. The summed E-state index contributed by atoms with van der Waals surface area (Å²) in [5.41, 5.74) is -0.751. The van der Waals surface area contributed by atoms with Crippen LogP contribution in [0.4, 0.5) is 4.79 Å². The molecule has 1 aliphatic rings. The van der Waals surface area contributed by atoms with Crippen molar-refractivity contribution in [1.82, 2.24) is 15.5 Å². The van der Waals surface area contributed by atoms with Gasteiger partial charge in [0.15, 0.2) is 0 Å². The van der Waals surface area contributed by atoms with E-state index in [0.29, 0.717) is 19.7 Å². The Morgan fingerprint density at radius 3 is 2.84 bits per heavy atom. The molecule has 0 radical (unpaired) electrons. The van der Waals surface area contributed by atoms with Gasteiger partial charge in [0.2, 0.25) is 5.91 Å². The summed E-state index contributed by atoms with van der Waals surface area (Å²) in [6.07, 6.45) is 1.59. The van der Waals surface area contributed by atoms with E-state index in [2.05, 4.69) is 10.6 Å². The molecule has 0 spiro atoms. The van der Waals surface area contributed by atoms with Gasteiger partial charge in [-0.15, -0.1) is 0 Å². The van der Waals surface area contributed by atoms with Gasteiger partial charge in [0.1, 0.15) is 0 Å². The molecule has 1 fully saturated rings. The first-order valence-corrected chi connectivity index (χ1v) is 6.44. The number of hydrogen-bond acceptors (Lipinski definition) is 5. The number of nitrogens with one attached hydrogen (secondary N) is 2. The average Bonchev–Trinajstić information content (AvgIpc) is 2.27. The number of ether oxygens (including phenoxy) is 1. The summed E-state index contributed by atoms with van der Waals surface area (Å²) >= 11 is 0. The second-order valence-corrected chi connectivity index (χ2v) is 5.11. The van der Waals surface area contributed by atoms with Crippen molar-refractivity contribution in [3.63, 3.8) is 0 Å². The quantitative estimate of drug-likeness (QED) is 0.577. The lowest BCUT2D eigenvalue weighted by atomic mass is 9.95. The Morgan fingerprint density at radius 1 is 1.47 bits per heavy atom. The molecular weight excluding hydrogens is 250 g/mol. The second-order valence-electron chi connectivity index (χ2n) is 5.11. The van der Waals surface area contributed by atoms with Gasteiger partial charge in [-0.05, 0) is 26.3 Å². The molecule has 7 heteroatoms. The minimum atomic E-state index is -0.751. The SMILES string of the molecule is COCCNC(=O)NC(=O)CN1CCCC(C)(O)C1. The lowest BCUT2D eigenvalue weighted by Gasteiger charge is -2.36. The van der Waals surface area contributed by atoms with Crippen LogP contribution in [-0.2, 0) is 9.53 Å². The molecule has 1 saturated heterocycles. The number of urea groups is 1. The molecule has 0 aromatic carbocycles. The number of carbonyl (C=O) groups excluding carboxylic acids is 2. The first-order valence-electron chi connectivity index (χ1n) is 6.44. The zero-order chi connectivity index (χ0) is 14.3. The molecule has 1 unspecified atom stereocenters. The van der Waals surface area contributed by atoms with E-state index in [-0.39, 0.29) is 12.5 Å². The van der Waals surface area contributed by atoms with Gasteiger partial charge >= 0.3 is 6.03 Å². The summed E-state index contributed by atoms with van der Waals surface area (Å²) < 4.78 is 4.78. The molecule has 3 N–H and O–H groups in total. The molecule has 1 rings (SSSR count). The summed E-state index contributed by atoms with van der Waals surface area (Å²) in [4.78, 5) is 24.8. The zero-order valence-corrected chi connectivity index (χ0v) is 11.6. The van der Waals surface area contributed by atoms with Crippen LogP contribution in [-0.4, -0.2) is 67.4 Å². The molecule has 0 aliphatic carbocycles. The molecule has 0 aromatic rings. The molecule has 3 amide bonds. The number of imide groups is 1. The van der Waals surface area contributed by atoms with E-state index in [4.69, 9.17) is 4.74 Å². The Labute approximate surface area is 113 Å². The van der Waals surface area contributed by atoms with Gasteiger partial charge < -0.3 is 15.2 Å². The Hall–Kier alpha value is -1.18. The van der Waals surface area contributed by atoms with Crippen molar-refractivity contribution in [3.05, 3.63) is 0 Å². The van der Waals surface area contributed by atoms with Gasteiger partial charge in [-0.2, -0.15) is 0 Å². The third-order valence-electron chi connectivity index (χ3n) is 2.97. The van der Waals surface area contributed by atoms with Gasteiger partial charge in [-0.3, -0.25) is 15.0 Å². The van der Waals surface area contributed by atoms with E-state index >= 15 is 0 Å². The van der Waals surface area contributed by atoms with Gasteiger partial charge in [0.05, 0.1) is 18.8 Å². The van der Waals surface area contributed by atoms with Gasteiger partial charge in [0, 0.05) is 20.2 Å². The van der Waals surface area contributed by atoms with Crippen molar-refractivity contribution in [3.8, 4) is 0 Å². The number of piperidine rings is 1. The molecule has 0 aromatic heterocycles. The monoisotopic (exact) mass is 273 g/mol. The van der Waals surface area contributed by atoms with Crippen molar-refractivity contribution in [1.29, 1.82) is 0 Å². The maximum atomic E-state index is 11.6. The van der Waals surface area contributed by atoms with Crippen molar-refractivity contribution in [2.75, 3.05) is 39.9 Å². The third-order valence-corrected chi connectivity index (χ3v) is 2.97. The number of likely N-dealkylation sites (tertiary alicyclic amines) is 1. The first-order chi connectivity index (χ1) is 8.93. The fraction of sp³-hybridized carbons (Fsp3) is 0.833. The number of amides is 3. The minimum absolute atomic E-state index is 0.119. The zero-order valence-electron chi connectivity index (χ0n) is 11.6. The number of β-amino-alcohol motifs (C(OH)–C–C–N with tert-alkyl or cyclic N) is 1. The number of nitrogens with zero attached hydrogens (tertiary/aromatic N) is 1. The van der Waals surface area contributed by atoms with Crippen LogP contribution in [0, 0.1) is 0 Å². The van der Waals surface area contributed by atoms with Crippen molar-refractivity contribution in [2.45, 2.75) is 25.4 Å². The van der Waals surface area contributed by atoms with E-state index in [1.807, 2.05) is 4.90 Å². The number of aliphatic hydroxyl groups is 1. The van der Waals surface area contributed by atoms with E-state index in [1.165, 1.54) is 7.11 Å². The number of carbonyl (C=O) groups is 2. The summed E-state index contributed by atoms with van der Waals surface area (Å²) in [6.45, 7) is 3.84. The summed E-state index contributed by atoms with van der Waals surface area (Å²) in [5.74, 6) is -0.368. The number of hydrogen-bond donors (Lipinski definition) is 3. The molecule has 19 heavy (non-hydrogen) atoms. The predicted octanol–water partition coefficient (Wildman–Crippen LogP) is -0.695. The molecule has 7 nitrogen and oxygen atoms in total. The van der Waals surface area contributed by atoms with Crippen LogP contribution >= 0.6 is 0 Å². The van der Waals surface area contributed by atoms with E-state index in [9.17, 15) is 14.7 Å². The van der Waals surface area contributed by atoms with Crippen molar-refractivity contribution < 1.29 is 19.4 Å². The van der Waals surface area contributed by atoms with Crippen molar-refractivity contribution >= 4 is 11.9 Å². The average molecular weight is 273 g/mol. The minimum Gasteiger partial charge on any atom is -0.389 e. The maximum absolute atomic E-state index is 11.6. The standard InChI is InChI=1S/C12H23N3O4/c1-12(18)4-3-6-15(9-12)8-10(16)14-11(17)13-5-7-19-2/h18H,3-9H2,1-2H3,(H2,13,14,16,17). The second kappa shape index (κ2) is 7.42. The molecule has 0 saturated carbocycles. The normalized spacial score (nSPS) is 23.9. The summed E-state index contributed by atoms with van der Waals surface area (Å²) in [6, 6.07) is -0.522. The smallest absolute Gasteiger partial charge is 0.321 e. The topological polar surface area (TPSA) is 90.9 Å². The highest BCUT2D eigenvalue weighted by molar-refractivity contribution is 5.95. The molecule has 110 valence electrons. The lowest BCUT2D eigenvalue weighted by molar-refractivity contribution is -0.122. The number of rotatable bonds is 5. The van der Waals surface area contributed by atoms with Crippen LogP contribution in [0.15, 0.2) is 0 Å². The highest BCUT2D eigenvalue weighted by Gasteiger charge is 2.29. The highest BCUT2D eigenvalue weighted by Crippen LogP contribution is 2.19. The lowest BCUT2D eigenvalue weighted by Crippen LogP contribution is -2.51. The Kier molecular flexibility index (Phi) is 6.20. The fourth-order valence-corrected chi connectivity index (χ4v) is 2.14. The molecule has 0 bridgehead atoms. The Balaban J connectivity index is 2.25. The van der Waals surface area contributed by atoms with Gasteiger partial charge in [-0.1, -0.05) is 0 Å². The van der Waals surface area contributed by atoms with Crippen LogP contribution < -0.4 is 10.6 Å². The van der Waals surface area contributed by atoms with Crippen molar-refractivity contribution in [2.24, 2.45) is 0 Å². The molecule has 1 aliphatic heterocycles. The highest BCUT2D eigenvalue weighted by atomic mass is 16.5. The number of methoxy groups -OCH3 is 1. The fourth-order valence-electron chi connectivity index (χ4n) is 2.14. The Morgan fingerprint density at radius 2 is 2.21 bits per heavy atom. The molecular formula is C12H23N3O4. The van der Waals surface area contributed by atoms with Crippen LogP contribution in [0.2, 0.25) is 0 Å². The third kappa shape index (κ3) is 6.51. The van der Waals surface area contributed by atoms with Gasteiger partial charge in [-0.25, -0.2) is 4.79 Å². The molecule has 1 heterocycles. The van der Waals surface area contributed by atoms with Crippen LogP contribution in [0.3, 0.4) is 0 Å². The summed E-state index contributed by atoms with van der Waals surface area (Å²) in [7, 11) is 1.53. The van der Waals surface area contributed by atoms with Crippen LogP contribution in [0.25, 0.3) is 0 Å². The van der Waals surface area contributed by atoms with E-state index in [1.54, 1.807) is 6.92 Å².